The number of aliphatic imine (C=N–C) groups is 1. The predicted octanol–water partition coefficient (Wildman–Crippen LogP) is 8.03. The van der Waals surface area contributed by atoms with Crippen molar-refractivity contribution in [2.45, 2.75) is 6.54 Å². The first-order chi connectivity index (χ1) is 16.1. The maximum Gasteiger partial charge on any atom is 0.128 e. The number of fused-ring (bicyclic) bond motifs is 1. The minimum Gasteiger partial charge on any atom is -0.457 e. The third-order valence-corrected chi connectivity index (χ3v) is 5.50. The van der Waals surface area contributed by atoms with Crippen LogP contribution in [0.25, 0.3) is 10.9 Å². The van der Waals surface area contributed by atoms with Gasteiger partial charge in [-0.2, -0.15) is 0 Å². The zero-order chi connectivity index (χ0) is 22.6. The predicted molar refractivity (Wildman–Crippen MR) is 133 cm³/mol. The van der Waals surface area contributed by atoms with Gasteiger partial charge in [-0.15, -0.1) is 0 Å². The summed E-state index contributed by atoms with van der Waals surface area (Å²) in [5, 5.41) is 1.75. The second-order valence-corrected chi connectivity index (χ2v) is 8.14. The monoisotopic (exact) mass is 454 g/mol. The Bertz CT molecular complexity index is 1440. The molecule has 0 aliphatic heterocycles. The molecule has 0 amide bonds. The van der Waals surface area contributed by atoms with E-state index in [0.29, 0.717) is 17.3 Å². The smallest absolute Gasteiger partial charge is 0.128 e. The third kappa shape index (κ3) is 5.13. The Hall–Kier alpha value is -3.89. The molecule has 0 unspecified atom stereocenters. The average Bonchev–Trinajstić information content (AvgIpc) is 3.20. The van der Waals surface area contributed by atoms with Crippen LogP contribution in [0, 0.1) is 5.82 Å². The lowest BCUT2D eigenvalue weighted by Gasteiger charge is -2.06. The zero-order valence-electron chi connectivity index (χ0n) is 17.7. The largest absolute Gasteiger partial charge is 0.457 e. The molecule has 162 valence electrons. The Morgan fingerprint density at radius 3 is 2.52 bits per heavy atom. The number of rotatable bonds is 6. The average molecular weight is 455 g/mol. The Morgan fingerprint density at radius 2 is 1.70 bits per heavy atom. The molecule has 0 N–H and O–H groups in total. The van der Waals surface area contributed by atoms with E-state index in [9.17, 15) is 4.39 Å². The van der Waals surface area contributed by atoms with Crippen molar-refractivity contribution in [1.29, 1.82) is 0 Å². The highest BCUT2D eigenvalue weighted by atomic mass is 35.5. The van der Waals surface area contributed by atoms with Gasteiger partial charge in [-0.1, -0.05) is 35.9 Å². The summed E-state index contributed by atoms with van der Waals surface area (Å²) in [4.78, 5) is 4.58. The summed E-state index contributed by atoms with van der Waals surface area (Å²) < 4.78 is 21.4. The summed E-state index contributed by atoms with van der Waals surface area (Å²) in [5.74, 6) is 1.19. The Morgan fingerprint density at radius 1 is 0.848 bits per heavy atom. The summed E-state index contributed by atoms with van der Waals surface area (Å²) in [5.41, 5.74) is 3.86. The van der Waals surface area contributed by atoms with Gasteiger partial charge >= 0.3 is 0 Å². The van der Waals surface area contributed by atoms with E-state index < -0.39 is 0 Å². The molecule has 33 heavy (non-hydrogen) atoms. The van der Waals surface area contributed by atoms with Gasteiger partial charge in [0.1, 0.15) is 17.3 Å². The fourth-order valence-electron chi connectivity index (χ4n) is 3.68. The Balaban J connectivity index is 1.28. The lowest BCUT2D eigenvalue weighted by Crippen LogP contribution is -1.98. The molecular weight excluding hydrogens is 435 g/mol. The Kier molecular flexibility index (Phi) is 5.92. The lowest BCUT2D eigenvalue weighted by molar-refractivity contribution is 0.483. The zero-order valence-corrected chi connectivity index (χ0v) is 18.4. The van der Waals surface area contributed by atoms with E-state index in [4.69, 9.17) is 16.3 Å². The molecule has 0 saturated heterocycles. The Labute approximate surface area is 196 Å². The van der Waals surface area contributed by atoms with E-state index in [2.05, 4.69) is 27.8 Å². The molecule has 5 aromatic rings. The molecule has 1 heterocycles. The fourth-order valence-corrected chi connectivity index (χ4v) is 3.86. The van der Waals surface area contributed by atoms with Crippen molar-refractivity contribution < 1.29 is 9.13 Å². The van der Waals surface area contributed by atoms with Crippen LogP contribution in [-0.2, 0) is 6.54 Å². The molecule has 0 spiro atoms. The van der Waals surface area contributed by atoms with Crippen molar-refractivity contribution >= 4 is 34.4 Å². The minimum absolute atomic E-state index is 0.216. The van der Waals surface area contributed by atoms with Crippen LogP contribution in [-0.4, -0.2) is 10.8 Å². The lowest BCUT2D eigenvalue weighted by atomic mass is 10.1. The van der Waals surface area contributed by atoms with Crippen molar-refractivity contribution in [3.63, 3.8) is 0 Å². The SMILES string of the molecule is Fc1cccc(Cn2ccc3cc(C=Nc4ccc(Oc5cccc(Cl)c5)cc4)ccc32)c1. The molecule has 0 bridgehead atoms. The molecular formula is C28H20ClFN2O. The first kappa shape index (κ1) is 21.0. The topological polar surface area (TPSA) is 26.5 Å². The van der Waals surface area contributed by atoms with Crippen molar-refractivity contribution in [2.24, 2.45) is 4.99 Å². The van der Waals surface area contributed by atoms with Gasteiger partial charge in [0.2, 0.25) is 0 Å². The number of nitrogens with zero attached hydrogens (tertiary/aromatic N) is 2. The van der Waals surface area contributed by atoms with Crippen LogP contribution >= 0.6 is 11.6 Å². The maximum absolute atomic E-state index is 13.5. The number of benzene rings is 4. The number of aromatic nitrogens is 1. The van der Waals surface area contributed by atoms with Crippen LogP contribution in [0.15, 0.2) is 108 Å². The molecule has 4 aromatic carbocycles. The van der Waals surface area contributed by atoms with Crippen LogP contribution in [0.3, 0.4) is 0 Å². The van der Waals surface area contributed by atoms with Gasteiger partial charge in [0.25, 0.3) is 0 Å². The van der Waals surface area contributed by atoms with Gasteiger partial charge in [0, 0.05) is 34.9 Å². The van der Waals surface area contributed by atoms with Crippen LogP contribution in [0.2, 0.25) is 5.02 Å². The molecule has 0 fully saturated rings. The highest BCUT2D eigenvalue weighted by molar-refractivity contribution is 6.30. The van der Waals surface area contributed by atoms with Crippen LogP contribution in [0.5, 0.6) is 11.5 Å². The first-order valence-corrected chi connectivity index (χ1v) is 10.9. The number of hydrogen-bond acceptors (Lipinski definition) is 2. The van der Waals surface area contributed by atoms with Crippen LogP contribution in [0.1, 0.15) is 11.1 Å². The van der Waals surface area contributed by atoms with Crippen molar-refractivity contribution in [2.75, 3.05) is 0 Å². The normalized spacial score (nSPS) is 11.3. The van der Waals surface area contributed by atoms with Gasteiger partial charge in [-0.25, -0.2) is 4.39 Å². The standard InChI is InChI=1S/C28H20ClFN2O/c29-23-4-2-6-27(17-23)33-26-10-8-25(9-11-26)31-18-20-7-12-28-22(15-20)13-14-32(28)19-21-3-1-5-24(30)16-21/h1-18H,19H2. The summed E-state index contributed by atoms with van der Waals surface area (Å²) in [7, 11) is 0. The van der Waals surface area contributed by atoms with Crippen molar-refractivity contribution in [3.05, 3.63) is 125 Å². The number of ether oxygens (including phenoxy) is 1. The molecule has 0 aliphatic carbocycles. The number of halogens is 2. The molecule has 3 nitrogen and oxygen atoms in total. The van der Waals surface area contributed by atoms with E-state index in [1.54, 1.807) is 18.2 Å². The molecule has 0 radical (unpaired) electrons. The highest BCUT2D eigenvalue weighted by Crippen LogP contribution is 2.26. The van der Waals surface area contributed by atoms with E-state index in [1.165, 1.54) is 6.07 Å². The second-order valence-electron chi connectivity index (χ2n) is 7.70. The van der Waals surface area contributed by atoms with E-state index in [0.717, 1.165) is 33.5 Å². The second kappa shape index (κ2) is 9.31. The first-order valence-electron chi connectivity index (χ1n) is 10.5. The molecule has 0 atom stereocenters. The van der Waals surface area contributed by atoms with Crippen LogP contribution < -0.4 is 4.74 Å². The van der Waals surface area contributed by atoms with E-state index >= 15 is 0 Å². The quantitative estimate of drug-likeness (QED) is 0.238. The van der Waals surface area contributed by atoms with Gasteiger partial charge < -0.3 is 9.30 Å². The van der Waals surface area contributed by atoms with Gasteiger partial charge in [0.15, 0.2) is 0 Å². The summed E-state index contributed by atoms with van der Waals surface area (Å²) >= 11 is 6.00. The van der Waals surface area contributed by atoms with Gasteiger partial charge in [0.05, 0.1) is 5.69 Å². The summed E-state index contributed by atoms with van der Waals surface area (Å²) in [6.07, 6.45) is 3.87. The number of hydrogen-bond donors (Lipinski definition) is 0. The summed E-state index contributed by atoms with van der Waals surface area (Å²) in [6, 6.07) is 29.8. The highest BCUT2D eigenvalue weighted by Gasteiger charge is 2.04. The van der Waals surface area contributed by atoms with Crippen molar-refractivity contribution in [1.82, 2.24) is 4.57 Å². The van der Waals surface area contributed by atoms with Crippen molar-refractivity contribution in [3.8, 4) is 11.5 Å². The minimum atomic E-state index is -0.216. The molecule has 5 heteroatoms. The third-order valence-electron chi connectivity index (χ3n) is 5.27. The van der Waals surface area contributed by atoms with Gasteiger partial charge in [-0.3, -0.25) is 4.99 Å². The molecule has 0 saturated carbocycles. The molecule has 5 rings (SSSR count). The van der Waals surface area contributed by atoms with Gasteiger partial charge in [-0.05, 0) is 83.9 Å². The molecule has 0 aliphatic rings. The summed E-state index contributed by atoms with van der Waals surface area (Å²) in [6.45, 7) is 0.623. The van der Waals surface area contributed by atoms with E-state index in [1.807, 2.05) is 67.0 Å². The van der Waals surface area contributed by atoms with E-state index in [-0.39, 0.29) is 5.82 Å². The van der Waals surface area contributed by atoms with Crippen LogP contribution in [0.4, 0.5) is 10.1 Å². The maximum atomic E-state index is 13.5. The fraction of sp³-hybridized carbons (Fsp3) is 0.0357. The molecule has 1 aromatic heterocycles.